The summed E-state index contributed by atoms with van der Waals surface area (Å²) >= 11 is 1.79. The molecule has 0 amide bonds. The van der Waals surface area contributed by atoms with E-state index < -0.39 is 0 Å². The highest BCUT2D eigenvalue weighted by molar-refractivity contribution is 7.09. The van der Waals surface area contributed by atoms with Crippen molar-refractivity contribution in [1.29, 1.82) is 0 Å². The Morgan fingerprint density at radius 2 is 2.22 bits per heavy atom. The summed E-state index contributed by atoms with van der Waals surface area (Å²) in [5.74, 6) is 1.02. The summed E-state index contributed by atoms with van der Waals surface area (Å²) in [5.41, 5.74) is 0.866. The van der Waals surface area contributed by atoms with Crippen molar-refractivity contribution in [2.45, 2.75) is 32.0 Å². The first kappa shape index (κ1) is 11.7. The van der Waals surface area contributed by atoms with Crippen LogP contribution in [0.15, 0.2) is 35.8 Å². The smallest absolute Gasteiger partial charge is 0.129 e. The number of aliphatic hydroxyl groups excluding tert-OH is 1. The number of hydrogen-bond donors (Lipinski definition) is 1. The minimum absolute atomic E-state index is 0.0572. The van der Waals surface area contributed by atoms with E-state index in [0.29, 0.717) is 6.04 Å². The maximum Gasteiger partial charge on any atom is 0.129 e. The van der Waals surface area contributed by atoms with E-state index >= 15 is 0 Å². The van der Waals surface area contributed by atoms with Gasteiger partial charge in [-0.05, 0) is 35.9 Å². The molecule has 0 spiro atoms. The van der Waals surface area contributed by atoms with Crippen molar-refractivity contribution in [2.24, 2.45) is 0 Å². The number of aliphatic hydroxyl groups is 1. The minimum atomic E-state index is 0.0572. The highest BCUT2D eigenvalue weighted by Gasteiger charge is 2.30. The predicted molar refractivity (Wildman–Crippen MR) is 73.7 cm³/mol. The van der Waals surface area contributed by atoms with Gasteiger partial charge in [0.05, 0.1) is 13.2 Å². The Bertz CT molecular complexity index is 491. The van der Waals surface area contributed by atoms with Crippen molar-refractivity contribution in [2.75, 3.05) is 4.90 Å². The fraction of sp³-hybridized carbons (Fsp3) is 0.357. The van der Waals surface area contributed by atoms with Crippen LogP contribution in [0.1, 0.15) is 23.3 Å². The van der Waals surface area contributed by atoms with Gasteiger partial charge in [0.1, 0.15) is 5.82 Å². The zero-order chi connectivity index (χ0) is 12.4. The molecule has 2 aromatic rings. The SMILES string of the molecule is OCc1ccc(N(Cc2cccs2)C2CC2)nc1. The molecule has 1 aliphatic carbocycles. The maximum atomic E-state index is 9.04. The highest BCUT2D eigenvalue weighted by atomic mass is 32.1. The number of nitrogens with zero attached hydrogens (tertiary/aromatic N) is 2. The molecule has 3 rings (SSSR count). The summed E-state index contributed by atoms with van der Waals surface area (Å²) in [6.07, 6.45) is 4.28. The van der Waals surface area contributed by atoms with E-state index in [4.69, 9.17) is 5.11 Å². The lowest BCUT2D eigenvalue weighted by Crippen LogP contribution is -2.25. The van der Waals surface area contributed by atoms with Gasteiger partial charge in [0, 0.05) is 17.1 Å². The monoisotopic (exact) mass is 260 g/mol. The maximum absolute atomic E-state index is 9.04. The van der Waals surface area contributed by atoms with Crippen molar-refractivity contribution in [3.05, 3.63) is 46.3 Å². The van der Waals surface area contributed by atoms with Crippen molar-refractivity contribution in [3.8, 4) is 0 Å². The molecule has 0 aliphatic heterocycles. The molecule has 0 radical (unpaired) electrons. The normalized spacial score (nSPS) is 14.7. The van der Waals surface area contributed by atoms with E-state index in [1.54, 1.807) is 17.5 Å². The van der Waals surface area contributed by atoms with Gasteiger partial charge in [-0.1, -0.05) is 12.1 Å². The van der Waals surface area contributed by atoms with Crippen LogP contribution in [-0.2, 0) is 13.2 Å². The fourth-order valence-electron chi connectivity index (χ4n) is 2.03. The molecular formula is C14H16N2OS. The number of pyridine rings is 1. The summed E-state index contributed by atoms with van der Waals surface area (Å²) in [7, 11) is 0. The summed E-state index contributed by atoms with van der Waals surface area (Å²) in [4.78, 5) is 8.20. The van der Waals surface area contributed by atoms with Crippen molar-refractivity contribution in [3.63, 3.8) is 0 Å². The molecular weight excluding hydrogens is 244 g/mol. The van der Waals surface area contributed by atoms with Gasteiger partial charge in [-0.25, -0.2) is 4.98 Å². The Balaban J connectivity index is 1.80. The third-order valence-electron chi connectivity index (χ3n) is 3.18. The lowest BCUT2D eigenvalue weighted by atomic mass is 10.3. The molecule has 3 nitrogen and oxygen atoms in total. The van der Waals surface area contributed by atoms with Gasteiger partial charge in [-0.3, -0.25) is 0 Å². The number of hydrogen-bond acceptors (Lipinski definition) is 4. The molecule has 0 atom stereocenters. The first-order valence-electron chi connectivity index (χ1n) is 6.21. The summed E-state index contributed by atoms with van der Waals surface area (Å²) in [6, 6.07) is 8.86. The first-order valence-corrected chi connectivity index (χ1v) is 7.09. The second-order valence-corrected chi connectivity index (χ2v) is 5.65. The second kappa shape index (κ2) is 5.08. The largest absolute Gasteiger partial charge is 0.392 e. The van der Waals surface area contributed by atoms with Gasteiger partial charge in [0.25, 0.3) is 0 Å². The van der Waals surface area contributed by atoms with Gasteiger partial charge in [0.2, 0.25) is 0 Å². The van der Waals surface area contributed by atoms with Crippen LogP contribution < -0.4 is 4.90 Å². The molecule has 1 saturated carbocycles. The molecule has 0 saturated heterocycles. The van der Waals surface area contributed by atoms with Crippen LogP contribution in [0.5, 0.6) is 0 Å². The van der Waals surface area contributed by atoms with Gasteiger partial charge in [-0.15, -0.1) is 11.3 Å². The third kappa shape index (κ3) is 2.54. The van der Waals surface area contributed by atoms with Crippen LogP contribution in [0.2, 0.25) is 0 Å². The molecule has 1 fully saturated rings. The number of rotatable bonds is 5. The van der Waals surface area contributed by atoms with Gasteiger partial charge < -0.3 is 10.0 Å². The van der Waals surface area contributed by atoms with E-state index in [1.807, 2.05) is 12.1 Å². The van der Waals surface area contributed by atoms with Crippen LogP contribution >= 0.6 is 11.3 Å². The Hall–Kier alpha value is -1.39. The van der Waals surface area contributed by atoms with Crippen LogP contribution in [0, 0.1) is 0 Å². The Morgan fingerprint density at radius 1 is 1.33 bits per heavy atom. The second-order valence-electron chi connectivity index (χ2n) is 4.62. The van der Waals surface area contributed by atoms with Gasteiger partial charge >= 0.3 is 0 Å². The lowest BCUT2D eigenvalue weighted by molar-refractivity contribution is 0.281. The van der Waals surface area contributed by atoms with E-state index in [9.17, 15) is 0 Å². The van der Waals surface area contributed by atoms with E-state index in [2.05, 4.69) is 27.4 Å². The molecule has 2 aromatic heterocycles. The topological polar surface area (TPSA) is 36.4 Å². The third-order valence-corrected chi connectivity index (χ3v) is 4.04. The van der Waals surface area contributed by atoms with E-state index in [-0.39, 0.29) is 6.61 Å². The average Bonchev–Trinajstić information content (AvgIpc) is 3.13. The molecule has 0 bridgehead atoms. The van der Waals surface area contributed by atoms with Crippen molar-refractivity contribution >= 4 is 17.2 Å². The predicted octanol–water partition coefficient (Wildman–Crippen LogP) is 2.80. The zero-order valence-corrected chi connectivity index (χ0v) is 10.9. The fourth-order valence-corrected chi connectivity index (χ4v) is 2.74. The molecule has 0 aromatic carbocycles. The van der Waals surface area contributed by atoms with Gasteiger partial charge in [-0.2, -0.15) is 0 Å². The Labute approximate surface area is 111 Å². The highest BCUT2D eigenvalue weighted by Crippen LogP contribution is 2.32. The van der Waals surface area contributed by atoms with E-state index in [1.165, 1.54) is 17.7 Å². The van der Waals surface area contributed by atoms with Gasteiger partial charge in [0.15, 0.2) is 0 Å². The van der Waals surface area contributed by atoms with E-state index in [0.717, 1.165) is 17.9 Å². The summed E-state index contributed by atoms with van der Waals surface area (Å²) in [5, 5.41) is 11.2. The average molecular weight is 260 g/mol. The number of aromatic nitrogens is 1. The molecule has 4 heteroatoms. The van der Waals surface area contributed by atoms with Crippen molar-refractivity contribution < 1.29 is 5.11 Å². The summed E-state index contributed by atoms with van der Waals surface area (Å²) < 4.78 is 0. The molecule has 2 heterocycles. The molecule has 1 N–H and O–H groups in total. The van der Waals surface area contributed by atoms with Crippen molar-refractivity contribution in [1.82, 2.24) is 4.98 Å². The molecule has 1 aliphatic rings. The quantitative estimate of drug-likeness (QED) is 0.898. The molecule has 18 heavy (non-hydrogen) atoms. The Kier molecular flexibility index (Phi) is 3.30. The first-order chi connectivity index (χ1) is 8.86. The van der Waals surface area contributed by atoms with Crippen LogP contribution in [0.4, 0.5) is 5.82 Å². The Morgan fingerprint density at radius 3 is 2.78 bits per heavy atom. The minimum Gasteiger partial charge on any atom is -0.392 e. The molecule has 94 valence electrons. The van der Waals surface area contributed by atoms with Crippen LogP contribution in [-0.4, -0.2) is 16.1 Å². The number of anilines is 1. The van der Waals surface area contributed by atoms with Crippen LogP contribution in [0.3, 0.4) is 0 Å². The molecule has 0 unspecified atom stereocenters. The number of thiophene rings is 1. The lowest BCUT2D eigenvalue weighted by Gasteiger charge is -2.22. The standard InChI is InChI=1S/C14H16N2OS/c17-10-11-3-6-14(15-8-11)16(12-4-5-12)9-13-2-1-7-18-13/h1-3,6-8,12,17H,4-5,9-10H2. The zero-order valence-electron chi connectivity index (χ0n) is 10.1. The van der Waals surface area contributed by atoms with Crippen LogP contribution in [0.25, 0.3) is 0 Å². The summed E-state index contributed by atoms with van der Waals surface area (Å²) in [6.45, 7) is 0.995.